The van der Waals surface area contributed by atoms with Crippen LogP contribution >= 0.6 is 0 Å². The summed E-state index contributed by atoms with van der Waals surface area (Å²) in [6, 6.07) is 12.1. The summed E-state index contributed by atoms with van der Waals surface area (Å²) in [5.74, 6) is -2.46. The van der Waals surface area contributed by atoms with Crippen LogP contribution in [0, 0.1) is 5.82 Å². The van der Waals surface area contributed by atoms with Crippen LogP contribution in [0.3, 0.4) is 0 Å². The molecule has 0 saturated heterocycles. The van der Waals surface area contributed by atoms with E-state index in [0.29, 0.717) is 6.42 Å². The van der Waals surface area contributed by atoms with E-state index in [4.69, 9.17) is 0 Å². The Bertz CT molecular complexity index is 929. The summed E-state index contributed by atoms with van der Waals surface area (Å²) in [6.07, 6.45) is 3.33. The van der Waals surface area contributed by atoms with E-state index in [0.717, 1.165) is 11.6 Å². The molecule has 0 unspecified atom stereocenters. The van der Waals surface area contributed by atoms with E-state index in [1.54, 1.807) is 0 Å². The number of nitrogens with zero attached hydrogens (tertiary/aromatic N) is 3. The van der Waals surface area contributed by atoms with Crippen molar-refractivity contribution in [3.8, 4) is 5.69 Å². The molecule has 138 valence electrons. The van der Waals surface area contributed by atoms with Crippen LogP contribution in [0.2, 0.25) is 0 Å². The molecule has 0 bridgehead atoms. The summed E-state index contributed by atoms with van der Waals surface area (Å²) < 4.78 is 15.5. The Morgan fingerprint density at radius 2 is 1.96 bits per heavy atom. The van der Waals surface area contributed by atoms with Gasteiger partial charge in [0.25, 0.3) is 5.91 Å². The first-order valence-electron chi connectivity index (χ1n) is 8.27. The van der Waals surface area contributed by atoms with Gasteiger partial charge in [0.1, 0.15) is 30.2 Å². The van der Waals surface area contributed by atoms with Gasteiger partial charge >= 0.3 is 5.97 Å². The fourth-order valence-corrected chi connectivity index (χ4v) is 2.62. The molecule has 0 fully saturated rings. The largest absolute Gasteiger partial charge is 0.480 e. The minimum Gasteiger partial charge on any atom is -0.480 e. The monoisotopic (exact) mass is 368 g/mol. The molecule has 0 aliphatic carbocycles. The van der Waals surface area contributed by atoms with Crippen molar-refractivity contribution < 1.29 is 19.1 Å². The summed E-state index contributed by atoms with van der Waals surface area (Å²) in [6.45, 7) is 0. The summed E-state index contributed by atoms with van der Waals surface area (Å²) in [5.41, 5.74) is 1.14. The highest BCUT2D eigenvalue weighted by Crippen LogP contribution is 2.14. The quantitative estimate of drug-likeness (QED) is 0.666. The normalized spacial score (nSPS) is 11.7. The number of nitrogens with one attached hydrogen (secondary N) is 1. The number of aryl methyl sites for hydroxylation is 1. The third-order valence-electron chi connectivity index (χ3n) is 4.04. The van der Waals surface area contributed by atoms with Gasteiger partial charge in [-0.05, 0) is 36.6 Å². The summed E-state index contributed by atoms with van der Waals surface area (Å²) in [4.78, 5) is 27.5. The number of carboxylic acids is 1. The summed E-state index contributed by atoms with van der Waals surface area (Å²) in [5, 5.41) is 15.6. The number of hydrogen-bond donors (Lipinski definition) is 2. The first-order valence-corrected chi connectivity index (χ1v) is 8.27. The Labute approximate surface area is 154 Å². The average molecular weight is 368 g/mol. The van der Waals surface area contributed by atoms with Crippen molar-refractivity contribution in [1.29, 1.82) is 0 Å². The Morgan fingerprint density at radius 1 is 1.19 bits per heavy atom. The van der Waals surface area contributed by atoms with Gasteiger partial charge in [0.05, 0.1) is 0 Å². The van der Waals surface area contributed by atoms with Crippen molar-refractivity contribution in [2.75, 3.05) is 0 Å². The molecule has 1 amide bonds. The summed E-state index contributed by atoms with van der Waals surface area (Å²) in [7, 11) is 0. The molecule has 0 aliphatic rings. The Morgan fingerprint density at radius 3 is 2.59 bits per heavy atom. The molecule has 0 radical (unpaired) electrons. The minimum atomic E-state index is -1.14. The number of carbonyl (C=O) groups is 2. The molecule has 3 rings (SSSR count). The highest BCUT2D eigenvalue weighted by molar-refractivity contribution is 5.96. The van der Waals surface area contributed by atoms with Crippen LogP contribution in [0.5, 0.6) is 0 Å². The first kappa shape index (κ1) is 18.2. The molecular formula is C19H17FN4O3. The minimum absolute atomic E-state index is 0.0299. The molecule has 1 aromatic heterocycles. The highest BCUT2D eigenvalue weighted by atomic mass is 19.1. The number of aromatic nitrogens is 3. The van der Waals surface area contributed by atoms with Crippen LogP contribution in [-0.2, 0) is 11.2 Å². The fourth-order valence-electron chi connectivity index (χ4n) is 2.62. The smallest absolute Gasteiger partial charge is 0.326 e. The molecule has 1 atom stereocenters. The third-order valence-corrected chi connectivity index (χ3v) is 4.04. The average Bonchev–Trinajstić information content (AvgIpc) is 3.19. The van der Waals surface area contributed by atoms with Crippen LogP contribution < -0.4 is 5.32 Å². The van der Waals surface area contributed by atoms with E-state index < -0.39 is 23.7 Å². The highest BCUT2D eigenvalue weighted by Gasteiger charge is 2.21. The predicted molar refractivity (Wildman–Crippen MR) is 95.0 cm³/mol. The number of halogens is 1. The van der Waals surface area contributed by atoms with Crippen molar-refractivity contribution in [2.45, 2.75) is 18.9 Å². The zero-order valence-electron chi connectivity index (χ0n) is 14.2. The molecule has 2 aromatic carbocycles. The van der Waals surface area contributed by atoms with Gasteiger partial charge in [-0.2, -0.15) is 5.10 Å². The number of amides is 1. The van der Waals surface area contributed by atoms with E-state index in [1.165, 1.54) is 29.5 Å². The standard InChI is InChI=1S/C19H17FN4O3/c20-15-10-14(7-9-17(15)24-12-21-11-22-24)18(25)23-16(19(26)27)8-6-13-4-2-1-3-5-13/h1-5,7,9-12,16H,6,8H2,(H,23,25)(H,26,27)/t16-/m0/s1. The number of rotatable bonds is 7. The molecule has 3 aromatic rings. The van der Waals surface area contributed by atoms with Crippen LogP contribution in [0.15, 0.2) is 61.2 Å². The van der Waals surface area contributed by atoms with Crippen molar-refractivity contribution in [2.24, 2.45) is 0 Å². The maximum absolute atomic E-state index is 14.3. The topological polar surface area (TPSA) is 97.1 Å². The van der Waals surface area contributed by atoms with Crippen LogP contribution in [0.4, 0.5) is 4.39 Å². The molecular weight excluding hydrogens is 351 g/mol. The van der Waals surface area contributed by atoms with Gasteiger partial charge in [0.2, 0.25) is 0 Å². The van der Waals surface area contributed by atoms with Gasteiger partial charge in [-0.1, -0.05) is 30.3 Å². The van der Waals surface area contributed by atoms with E-state index in [2.05, 4.69) is 15.4 Å². The lowest BCUT2D eigenvalue weighted by molar-refractivity contribution is -0.139. The second-order valence-corrected chi connectivity index (χ2v) is 5.89. The van der Waals surface area contributed by atoms with Gasteiger partial charge < -0.3 is 10.4 Å². The lowest BCUT2D eigenvalue weighted by atomic mass is 10.0. The zero-order valence-corrected chi connectivity index (χ0v) is 14.2. The van der Waals surface area contributed by atoms with Crippen LogP contribution in [-0.4, -0.2) is 37.8 Å². The van der Waals surface area contributed by atoms with Crippen molar-refractivity contribution >= 4 is 11.9 Å². The lowest BCUT2D eigenvalue weighted by Gasteiger charge is -2.15. The van der Waals surface area contributed by atoms with Crippen LogP contribution in [0.1, 0.15) is 22.3 Å². The number of carbonyl (C=O) groups excluding carboxylic acids is 1. The SMILES string of the molecule is O=C(N[C@@H](CCc1ccccc1)C(=O)O)c1ccc(-n2cncn2)c(F)c1. The number of carboxylic acid groups (broad SMARTS) is 1. The molecule has 8 heteroatoms. The maximum atomic E-state index is 14.3. The van der Waals surface area contributed by atoms with E-state index in [-0.39, 0.29) is 17.7 Å². The second kappa shape index (κ2) is 8.22. The number of hydrogen-bond acceptors (Lipinski definition) is 4. The first-order chi connectivity index (χ1) is 13.0. The molecule has 2 N–H and O–H groups in total. The van der Waals surface area contributed by atoms with Crippen LogP contribution in [0.25, 0.3) is 5.69 Å². The lowest BCUT2D eigenvalue weighted by Crippen LogP contribution is -2.41. The number of benzene rings is 2. The Balaban J connectivity index is 1.68. The van der Waals surface area contributed by atoms with Gasteiger partial charge in [-0.15, -0.1) is 0 Å². The van der Waals surface area contributed by atoms with Crippen molar-refractivity contribution in [3.05, 3.63) is 78.1 Å². The van der Waals surface area contributed by atoms with Crippen molar-refractivity contribution in [1.82, 2.24) is 20.1 Å². The van der Waals surface area contributed by atoms with E-state index >= 15 is 0 Å². The van der Waals surface area contributed by atoms with Gasteiger partial charge in [-0.25, -0.2) is 18.9 Å². The van der Waals surface area contributed by atoms with Gasteiger partial charge in [-0.3, -0.25) is 4.79 Å². The Hall–Kier alpha value is -3.55. The fraction of sp³-hybridized carbons (Fsp3) is 0.158. The summed E-state index contributed by atoms with van der Waals surface area (Å²) >= 11 is 0. The third kappa shape index (κ3) is 4.55. The maximum Gasteiger partial charge on any atom is 0.326 e. The Kier molecular flexibility index (Phi) is 5.55. The molecule has 1 heterocycles. The van der Waals surface area contributed by atoms with Gasteiger partial charge in [0, 0.05) is 5.56 Å². The number of aliphatic carboxylic acids is 1. The predicted octanol–water partition coefficient (Wildman–Crippen LogP) is 2.22. The molecule has 0 spiro atoms. The van der Waals surface area contributed by atoms with E-state index in [9.17, 15) is 19.1 Å². The molecule has 7 nitrogen and oxygen atoms in total. The molecule has 0 saturated carbocycles. The van der Waals surface area contributed by atoms with E-state index in [1.807, 2.05) is 30.3 Å². The second-order valence-electron chi connectivity index (χ2n) is 5.89. The zero-order chi connectivity index (χ0) is 19.2. The molecule has 27 heavy (non-hydrogen) atoms. The van der Waals surface area contributed by atoms with Gasteiger partial charge in [0.15, 0.2) is 0 Å². The van der Waals surface area contributed by atoms with Crippen molar-refractivity contribution in [3.63, 3.8) is 0 Å². The molecule has 0 aliphatic heterocycles.